The second-order valence-corrected chi connectivity index (χ2v) is 4.41. The molecule has 0 aliphatic carbocycles. The molecule has 0 amide bonds. The largest absolute Gasteiger partial charge is 0.307 e. The lowest BCUT2D eigenvalue weighted by molar-refractivity contribution is 0.554. The minimum Gasteiger partial charge on any atom is -0.307 e. The summed E-state index contributed by atoms with van der Waals surface area (Å²) in [5, 5.41) is 8.09. The van der Waals surface area contributed by atoms with Gasteiger partial charge in [0.1, 0.15) is 0 Å². The summed E-state index contributed by atoms with van der Waals surface area (Å²) in [6.07, 6.45) is 5.17. The molecule has 0 spiro atoms. The number of aromatic nitrogens is 4. The third-order valence-corrected chi connectivity index (χ3v) is 3.08. The highest BCUT2D eigenvalue weighted by atomic mass is 35.5. The highest BCUT2D eigenvalue weighted by Crippen LogP contribution is 2.26. The number of nitrogens with one attached hydrogen (secondary N) is 1. The van der Waals surface area contributed by atoms with Crippen molar-refractivity contribution in [2.75, 3.05) is 7.05 Å². The number of hydrogen-bond acceptors (Lipinski definition) is 4. The van der Waals surface area contributed by atoms with Crippen LogP contribution in [0.3, 0.4) is 0 Å². The van der Waals surface area contributed by atoms with Crippen LogP contribution in [0.5, 0.6) is 0 Å². The van der Waals surface area contributed by atoms with Crippen LogP contribution in [0.4, 0.5) is 0 Å². The van der Waals surface area contributed by atoms with E-state index < -0.39 is 0 Å². The highest BCUT2D eigenvalue weighted by Gasteiger charge is 2.21. The van der Waals surface area contributed by atoms with Gasteiger partial charge < -0.3 is 5.32 Å². The Kier molecular flexibility index (Phi) is 3.93. The first-order valence-electron chi connectivity index (χ1n) is 5.84. The van der Waals surface area contributed by atoms with Crippen molar-refractivity contribution in [2.24, 2.45) is 0 Å². The molecule has 0 aromatic carbocycles. The van der Waals surface area contributed by atoms with Gasteiger partial charge in [0.2, 0.25) is 0 Å². The van der Waals surface area contributed by atoms with Gasteiger partial charge in [-0.15, -0.1) is 0 Å². The number of nitrogens with zero attached hydrogens (tertiary/aromatic N) is 4. The van der Waals surface area contributed by atoms with Gasteiger partial charge in [-0.3, -0.25) is 14.6 Å². The maximum absolute atomic E-state index is 6.21. The van der Waals surface area contributed by atoms with Gasteiger partial charge in [0, 0.05) is 12.7 Å². The Labute approximate surface area is 111 Å². The first-order chi connectivity index (χ1) is 8.67. The van der Waals surface area contributed by atoms with Gasteiger partial charge in [-0.2, -0.15) is 5.10 Å². The maximum atomic E-state index is 6.21. The molecule has 0 aliphatic heterocycles. The van der Waals surface area contributed by atoms with Crippen LogP contribution in [-0.2, 0) is 6.54 Å². The lowest BCUT2D eigenvalue weighted by atomic mass is 10.1. The molecular formula is C12H16ClN5. The molecule has 96 valence electrons. The van der Waals surface area contributed by atoms with Crippen LogP contribution in [0.1, 0.15) is 30.0 Å². The van der Waals surface area contributed by atoms with E-state index in [0.717, 1.165) is 23.6 Å². The van der Waals surface area contributed by atoms with E-state index in [1.54, 1.807) is 18.6 Å². The molecule has 0 bridgehead atoms. The van der Waals surface area contributed by atoms with Crippen molar-refractivity contribution in [3.8, 4) is 0 Å². The van der Waals surface area contributed by atoms with Crippen LogP contribution in [0.2, 0.25) is 5.02 Å². The van der Waals surface area contributed by atoms with E-state index in [1.165, 1.54) is 0 Å². The number of halogens is 1. The Bertz CT molecular complexity index is 520. The van der Waals surface area contributed by atoms with Gasteiger partial charge in [0.05, 0.1) is 40.5 Å². The Morgan fingerprint density at radius 3 is 2.67 bits per heavy atom. The summed E-state index contributed by atoms with van der Waals surface area (Å²) < 4.78 is 1.87. The summed E-state index contributed by atoms with van der Waals surface area (Å²) in [6.45, 7) is 4.70. The minimum atomic E-state index is -0.104. The molecule has 0 radical (unpaired) electrons. The molecule has 2 aromatic rings. The lowest BCUT2D eigenvalue weighted by Gasteiger charge is -2.17. The molecule has 0 aliphatic rings. The zero-order valence-electron chi connectivity index (χ0n) is 10.7. The van der Waals surface area contributed by atoms with Crippen LogP contribution < -0.4 is 5.32 Å². The minimum absolute atomic E-state index is 0.104. The lowest BCUT2D eigenvalue weighted by Crippen LogP contribution is -2.23. The second-order valence-electron chi connectivity index (χ2n) is 4.00. The second kappa shape index (κ2) is 5.46. The van der Waals surface area contributed by atoms with Gasteiger partial charge in [-0.05, 0) is 20.9 Å². The van der Waals surface area contributed by atoms with Gasteiger partial charge >= 0.3 is 0 Å². The molecular weight excluding hydrogens is 250 g/mol. The molecule has 1 N–H and O–H groups in total. The van der Waals surface area contributed by atoms with Crippen LogP contribution in [-0.4, -0.2) is 26.8 Å². The summed E-state index contributed by atoms with van der Waals surface area (Å²) in [6, 6.07) is -0.104. The summed E-state index contributed by atoms with van der Waals surface area (Å²) in [4.78, 5) is 8.66. The average molecular weight is 266 g/mol. The van der Waals surface area contributed by atoms with Crippen LogP contribution >= 0.6 is 11.6 Å². The molecule has 0 saturated heterocycles. The van der Waals surface area contributed by atoms with E-state index in [9.17, 15) is 0 Å². The standard InChI is InChI=1S/C12H16ClN5/c1-4-18-12(9(13)6-17-18)11(14-3)10-7-15-8(2)5-16-10/h5-7,11,14H,4H2,1-3H3. The summed E-state index contributed by atoms with van der Waals surface area (Å²) >= 11 is 6.21. The zero-order chi connectivity index (χ0) is 13.1. The molecule has 0 saturated carbocycles. The normalized spacial score (nSPS) is 12.7. The van der Waals surface area contributed by atoms with Crippen molar-refractivity contribution < 1.29 is 0 Å². The van der Waals surface area contributed by atoms with Crippen molar-refractivity contribution in [1.29, 1.82) is 0 Å². The molecule has 18 heavy (non-hydrogen) atoms. The zero-order valence-corrected chi connectivity index (χ0v) is 11.4. The Balaban J connectivity index is 2.44. The van der Waals surface area contributed by atoms with E-state index in [-0.39, 0.29) is 6.04 Å². The smallest absolute Gasteiger partial charge is 0.0950 e. The topological polar surface area (TPSA) is 55.6 Å². The van der Waals surface area contributed by atoms with E-state index in [1.807, 2.05) is 25.6 Å². The molecule has 2 heterocycles. The van der Waals surface area contributed by atoms with Crippen LogP contribution in [0, 0.1) is 6.92 Å². The average Bonchev–Trinajstić information content (AvgIpc) is 2.74. The predicted molar refractivity (Wildman–Crippen MR) is 70.6 cm³/mol. The third kappa shape index (κ3) is 2.37. The molecule has 1 atom stereocenters. The van der Waals surface area contributed by atoms with Gasteiger partial charge in [-0.1, -0.05) is 11.6 Å². The Morgan fingerprint density at radius 1 is 1.33 bits per heavy atom. The summed E-state index contributed by atoms with van der Waals surface area (Å²) in [7, 11) is 1.87. The van der Waals surface area contributed by atoms with Crippen molar-refractivity contribution in [1.82, 2.24) is 25.1 Å². The first kappa shape index (κ1) is 13.0. The molecule has 1 unspecified atom stereocenters. The SMILES string of the molecule is CCn1ncc(Cl)c1C(NC)c1cnc(C)cn1. The fraction of sp³-hybridized carbons (Fsp3) is 0.417. The highest BCUT2D eigenvalue weighted by molar-refractivity contribution is 6.31. The van der Waals surface area contributed by atoms with Crippen molar-refractivity contribution in [3.63, 3.8) is 0 Å². The van der Waals surface area contributed by atoms with Gasteiger partial charge in [0.15, 0.2) is 0 Å². The first-order valence-corrected chi connectivity index (χ1v) is 6.22. The predicted octanol–water partition coefficient (Wildman–Crippen LogP) is 1.96. The van der Waals surface area contributed by atoms with Crippen LogP contribution in [0.25, 0.3) is 0 Å². The fourth-order valence-corrected chi connectivity index (χ4v) is 2.14. The third-order valence-electron chi connectivity index (χ3n) is 2.79. The van der Waals surface area contributed by atoms with E-state index in [0.29, 0.717) is 5.02 Å². The van der Waals surface area contributed by atoms with Crippen molar-refractivity contribution in [3.05, 3.63) is 40.7 Å². The summed E-state index contributed by atoms with van der Waals surface area (Å²) in [5.41, 5.74) is 2.64. The maximum Gasteiger partial charge on any atom is 0.0950 e. The monoisotopic (exact) mass is 265 g/mol. The Morgan fingerprint density at radius 2 is 2.11 bits per heavy atom. The van der Waals surface area contributed by atoms with Gasteiger partial charge in [0.25, 0.3) is 0 Å². The van der Waals surface area contributed by atoms with Gasteiger partial charge in [-0.25, -0.2) is 0 Å². The Hall–Kier alpha value is -1.46. The van der Waals surface area contributed by atoms with E-state index in [2.05, 4.69) is 20.4 Å². The fourth-order valence-electron chi connectivity index (χ4n) is 1.89. The number of aryl methyl sites for hydroxylation is 2. The molecule has 0 fully saturated rings. The number of rotatable bonds is 4. The van der Waals surface area contributed by atoms with Crippen molar-refractivity contribution in [2.45, 2.75) is 26.4 Å². The summed E-state index contributed by atoms with van der Waals surface area (Å²) in [5.74, 6) is 0. The molecule has 6 heteroatoms. The number of hydrogen-bond donors (Lipinski definition) is 1. The molecule has 2 rings (SSSR count). The van der Waals surface area contributed by atoms with E-state index in [4.69, 9.17) is 11.6 Å². The quantitative estimate of drug-likeness (QED) is 0.918. The molecule has 5 nitrogen and oxygen atoms in total. The van der Waals surface area contributed by atoms with E-state index >= 15 is 0 Å². The van der Waals surface area contributed by atoms with Crippen molar-refractivity contribution >= 4 is 11.6 Å². The van der Waals surface area contributed by atoms with Crippen LogP contribution in [0.15, 0.2) is 18.6 Å². The molecule has 2 aromatic heterocycles.